The lowest BCUT2D eigenvalue weighted by atomic mass is 10.0. The molecule has 1 saturated heterocycles. The van der Waals surface area contributed by atoms with Crippen LogP contribution in [0.25, 0.3) is 22.2 Å². The molecule has 1 amide bonds. The maximum absolute atomic E-state index is 12.7. The highest BCUT2D eigenvalue weighted by Gasteiger charge is 2.39. The van der Waals surface area contributed by atoms with Crippen molar-refractivity contribution in [2.45, 2.75) is 18.9 Å². The van der Waals surface area contributed by atoms with E-state index in [0.717, 1.165) is 22.2 Å². The zero-order chi connectivity index (χ0) is 20.1. The topological polar surface area (TPSA) is 81.1 Å². The van der Waals surface area contributed by atoms with E-state index in [4.69, 9.17) is 11.6 Å². The minimum absolute atomic E-state index is 0.0314. The summed E-state index contributed by atoms with van der Waals surface area (Å²) in [6.45, 7) is 1.77. The predicted octanol–water partition coefficient (Wildman–Crippen LogP) is 3.20. The maximum Gasteiger partial charge on any atom is 0.251 e. The number of hydrogen-bond acceptors (Lipinski definition) is 4. The minimum atomic E-state index is -3.10. The van der Waals surface area contributed by atoms with Crippen LogP contribution >= 0.6 is 11.6 Å². The Balaban J connectivity index is 1.68. The van der Waals surface area contributed by atoms with E-state index in [-0.39, 0.29) is 17.4 Å². The molecule has 0 radical (unpaired) electrons. The first kappa shape index (κ1) is 19.0. The zero-order valence-corrected chi connectivity index (χ0v) is 17.1. The third kappa shape index (κ3) is 3.40. The number of hydrogen-bond donors (Lipinski definition) is 1. The Bertz CT molecular complexity index is 1200. The summed E-state index contributed by atoms with van der Waals surface area (Å²) >= 11 is 6.32. The molecule has 0 spiro atoms. The number of aryl methyl sites for hydroxylation is 1. The van der Waals surface area contributed by atoms with Crippen molar-refractivity contribution in [1.82, 2.24) is 15.1 Å². The molecule has 0 bridgehead atoms. The first-order chi connectivity index (χ1) is 13.2. The van der Waals surface area contributed by atoms with Crippen molar-refractivity contribution in [2.75, 3.05) is 11.5 Å². The zero-order valence-electron chi connectivity index (χ0n) is 15.6. The van der Waals surface area contributed by atoms with E-state index < -0.39 is 15.4 Å². The molecule has 4 rings (SSSR count). The van der Waals surface area contributed by atoms with Crippen molar-refractivity contribution in [1.29, 1.82) is 0 Å². The molecule has 1 fully saturated rings. The number of sulfone groups is 1. The number of fused-ring (bicyclic) bond motifs is 1. The van der Waals surface area contributed by atoms with E-state index in [2.05, 4.69) is 10.4 Å². The van der Waals surface area contributed by atoms with Crippen LogP contribution in [-0.2, 0) is 16.9 Å². The second-order valence-corrected chi connectivity index (χ2v) is 10.1. The van der Waals surface area contributed by atoms with Crippen molar-refractivity contribution >= 4 is 38.2 Å². The lowest BCUT2D eigenvalue weighted by Gasteiger charge is -2.23. The van der Waals surface area contributed by atoms with E-state index in [0.29, 0.717) is 17.0 Å². The van der Waals surface area contributed by atoms with Gasteiger partial charge in [0, 0.05) is 23.6 Å². The van der Waals surface area contributed by atoms with Crippen LogP contribution in [0, 0.1) is 0 Å². The molecule has 2 heterocycles. The fourth-order valence-electron chi connectivity index (χ4n) is 3.71. The van der Waals surface area contributed by atoms with Crippen molar-refractivity contribution in [2.24, 2.45) is 7.05 Å². The van der Waals surface area contributed by atoms with Gasteiger partial charge in [-0.15, -0.1) is 0 Å². The van der Waals surface area contributed by atoms with Gasteiger partial charge >= 0.3 is 0 Å². The quantitative estimate of drug-likeness (QED) is 0.709. The second-order valence-electron chi connectivity index (χ2n) is 7.54. The summed E-state index contributed by atoms with van der Waals surface area (Å²) < 4.78 is 25.3. The first-order valence-corrected chi connectivity index (χ1v) is 11.1. The van der Waals surface area contributed by atoms with Gasteiger partial charge in [-0.1, -0.05) is 29.8 Å². The predicted molar refractivity (Wildman–Crippen MR) is 110 cm³/mol. The number of benzene rings is 2. The van der Waals surface area contributed by atoms with Crippen molar-refractivity contribution < 1.29 is 13.2 Å². The molecule has 146 valence electrons. The first-order valence-electron chi connectivity index (χ1n) is 8.92. The molecule has 6 nitrogen and oxygen atoms in total. The van der Waals surface area contributed by atoms with Crippen LogP contribution in [0.5, 0.6) is 0 Å². The number of rotatable bonds is 3. The molecular formula is C20H20ClN3O3S. The minimum Gasteiger partial charge on any atom is -0.346 e. The molecule has 0 saturated carbocycles. The van der Waals surface area contributed by atoms with Crippen LogP contribution in [0.3, 0.4) is 0 Å². The van der Waals surface area contributed by atoms with E-state index in [1.165, 1.54) is 0 Å². The van der Waals surface area contributed by atoms with Gasteiger partial charge in [-0.2, -0.15) is 5.10 Å². The molecular weight excluding hydrogens is 398 g/mol. The Kier molecular flexibility index (Phi) is 4.47. The molecule has 1 unspecified atom stereocenters. The largest absolute Gasteiger partial charge is 0.346 e. The van der Waals surface area contributed by atoms with Gasteiger partial charge < -0.3 is 5.32 Å². The smallest absolute Gasteiger partial charge is 0.251 e. The number of amides is 1. The fraction of sp³-hybridized carbons (Fsp3) is 0.300. The van der Waals surface area contributed by atoms with E-state index in [9.17, 15) is 13.2 Å². The molecule has 1 aliphatic heterocycles. The molecule has 8 heteroatoms. The molecule has 28 heavy (non-hydrogen) atoms. The summed E-state index contributed by atoms with van der Waals surface area (Å²) in [6.07, 6.45) is 0.422. The van der Waals surface area contributed by atoms with Crippen LogP contribution in [0.2, 0.25) is 5.02 Å². The summed E-state index contributed by atoms with van der Waals surface area (Å²) in [7, 11) is -1.28. The summed E-state index contributed by atoms with van der Waals surface area (Å²) in [4.78, 5) is 12.7. The van der Waals surface area contributed by atoms with Crippen LogP contribution in [0.15, 0.2) is 42.5 Å². The van der Waals surface area contributed by atoms with Crippen molar-refractivity contribution in [3.05, 3.63) is 53.1 Å². The fourth-order valence-corrected chi connectivity index (χ4v) is 6.02. The Labute approximate surface area is 168 Å². The lowest BCUT2D eigenvalue weighted by Crippen LogP contribution is -2.46. The number of carbonyl (C=O) groups excluding carboxylic acids is 1. The average Bonchev–Trinajstić information content (AvgIpc) is 3.11. The molecule has 0 aliphatic carbocycles. The molecule has 1 aliphatic rings. The van der Waals surface area contributed by atoms with Crippen LogP contribution < -0.4 is 5.32 Å². The summed E-state index contributed by atoms with van der Waals surface area (Å²) in [5, 5.41) is 8.97. The SMILES string of the molecule is Cn1nc(-c2ccccc2Cl)c2ccc(C(=O)NC3(C)CCS(=O)(=O)C3)cc21. The summed E-state index contributed by atoms with van der Waals surface area (Å²) in [6, 6.07) is 12.8. The monoisotopic (exact) mass is 417 g/mol. The molecule has 1 N–H and O–H groups in total. The van der Waals surface area contributed by atoms with Gasteiger partial charge in [0.2, 0.25) is 0 Å². The van der Waals surface area contributed by atoms with E-state index in [1.807, 2.05) is 37.4 Å². The number of carbonyl (C=O) groups is 1. The Morgan fingerprint density at radius 3 is 2.68 bits per heavy atom. The van der Waals surface area contributed by atoms with Crippen molar-refractivity contribution in [3.63, 3.8) is 0 Å². The Morgan fingerprint density at radius 2 is 2.00 bits per heavy atom. The van der Waals surface area contributed by atoms with Crippen LogP contribution in [-0.4, -0.2) is 41.2 Å². The number of aromatic nitrogens is 2. The molecule has 1 atom stereocenters. The maximum atomic E-state index is 12.7. The van der Waals surface area contributed by atoms with E-state index >= 15 is 0 Å². The number of nitrogens with zero attached hydrogens (tertiary/aromatic N) is 2. The lowest BCUT2D eigenvalue weighted by molar-refractivity contribution is 0.0915. The van der Waals surface area contributed by atoms with Crippen LogP contribution in [0.1, 0.15) is 23.7 Å². The Morgan fingerprint density at radius 1 is 1.25 bits per heavy atom. The summed E-state index contributed by atoms with van der Waals surface area (Å²) in [5.41, 5.74) is 2.11. The van der Waals surface area contributed by atoms with E-state index in [1.54, 1.807) is 23.7 Å². The highest BCUT2D eigenvalue weighted by molar-refractivity contribution is 7.91. The van der Waals surface area contributed by atoms with Gasteiger partial charge in [0.1, 0.15) is 5.69 Å². The molecule has 3 aromatic rings. The number of nitrogens with one attached hydrogen (secondary N) is 1. The van der Waals surface area contributed by atoms with Crippen molar-refractivity contribution in [3.8, 4) is 11.3 Å². The van der Waals surface area contributed by atoms with Gasteiger partial charge in [0.15, 0.2) is 9.84 Å². The van der Waals surface area contributed by atoms with Gasteiger partial charge in [-0.3, -0.25) is 9.48 Å². The third-order valence-corrected chi connectivity index (χ3v) is 7.39. The molecule has 1 aromatic heterocycles. The van der Waals surface area contributed by atoms with Gasteiger partial charge in [-0.25, -0.2) is 8.42 Å². The van der Waals surface area contributed by atoms with Gasteiger partial charge in [0.05, 0.1) is 27.6 Å². The van der Waals surface area contributed by atoms with Gasteiger partial charge in [0.25, 0.3) is 5.91 Å². The highest BCUT2D eigenvalue weighted by Crippen LogP contribution is 2.33. The second kappa shape index (κ2) is 6.60. The highest BCUT2D eigenvalue weighted by atomic mass is 35.5. The van der Waals surface area contributed by atoms with Gasteiger partial charge in [-0.05, 0) is 37.6 Å². The normalized spacial score (nSPS) is 21.1. The number of halogens is 1. The molecule has 2 aromatic carbocycles. The van der Waals surface area contributed by atoms with Crippen LogP contribution in [0.4, 0.5) is 0 Å². The average molecular weight is 418 g/mol. The summed E-state index contributed by atoms with van der Waals surface area (Å²) in [5.74, 6) is -0.218. The third-order valence-electron chi connectivity index (χ3n) is 5.16. The standard InChI is InChI=1S/C20H20ClN3O3S/c1-20(9-10-28(26,27)12-20)22-19(25)13-7-8-15-17(11-13)24(2)23-18(15)14-5-3-4-6-16(14)21/h3-8,11H,9-10,12H2,1-2H3,(H,22,25). The Hall–Kier alpha value is -2.38.